The second-order valence-corrected chi connectivity index (χ2v) is 15.0. The first-order chi connectivity index (χ1) is 24.9. The number of halogens is 5. The summed E-state index contributed by atoms with van der Waals surface area (Å²) in [7, 11) is -4.79. The molecule has 0 aromatic heterocycles. The van der Waals surface area contributed by atoms with Crippen LogP contribution in [0.4, 0.5) is 22.0 Å². The fourth-order valence-electron chi connectivity index (χ4n) is 5.28. The van der Waals surface area contributed by atoms with E-state index in [-0.39, 0.29) is 24.0 Å². The fourth-order valence-corrected chi connectivity index (χ4v) is 7.52. The van der Waals surface area contributed by atoms with E-state index in [0.717, 1.165) is 28.5 Å². The molecule has 0 spiro atoms. The monoisotopic (exact) mass is 755 g/mol. The van der Waals surface area contributed by atoms with E-state index in [1.165, 1.54) is 0 Å². The first-order valence-corrected chi connectivity index (χ1v) is 18.6. The van der Waals surface area contributed by atoms with Crippen molar-refractivity contribution in [2.45, 2.75) is 26.0 Å². The van der Waals surface area contributed by atoms with Gasteiger partial charge in [-0.1, -0.05) is 133 Å². The van der Waals surface area contributed by atoms with Crippen molar-refractivity contribution in [2.24, 2.45) is 5.41 Å². The van der Waals surface area contributed by atoms with Gasteiger partial charge in [-0.05, 0) is 36.1 Å². The molecule has 0 amide bonds. The molecule has 0 aliphatic heterocycles. The minimum atomic E-state index is -4.79. The smallest absolute Gasteiger partial charge is 0.407 e. The Morgan fingerprint density at radius 1 is 0.673 bits per heavy atom. The molecule has 0 aliphatic carbocycles. The van der Waals surface area contributed by atoms with Crippen LogP contribution in [0.15, 0.2) is 121 Å². The van der Waals surface area contributed by atoms with Gasteiger partial charge < -0.3 is 9.26 Å². The second kappa shape index (κ2) is 17.0. The van der Waals surface area contributed by atoms with E-state index >= 15 is 0 Å². The van der Waals surface area contributed by atoms with Crippen LogP contribution in [0, 0.1) is 34.5 Å². The van der Waals surface area contributed by atoms with Crippen molar-refractivity contribution in [1.82, 2.24) is 5.09 Å². The zero-order chi connectivity index (χ0) is 37.4. The first-order valence-electron chi connectivity index (χ1n) is 16.1. The van der Waals surface area contributed by atoms with Gasteiger partial charge in [-0.15, -0.1) is 0 Å². The SMILES string of the molecule is CC(C)(COC(c1ccccc1)(c1ccccc1)c1ccccc1)C(=O)SCCOP(=O)(NCc1ccccc1)Oc1c(F)c(F)c(F)c(F)c1F. The van der Waals surface area contributed by atoms with E-state index in [2.05, 4.69) is 5.09 Å². The van der Waals surface area contributed by atoms with E-state index in [1.807, 2.05) is 91.0 Å². The molecule has 52 heavy (non-hydrogen) atoms. The number of hydrogen-bond acceptors (Lipinski definition) is 6. The lowest BCUT2D eigenvalue weighted by atomic mass is 9.79. The van der Waals surface area contributed by atoms with Gasteiger partial charge in [0.25, 0.3) is 0 Å². The van der Waals surface area contributed by atoms with Crippen LogP contribution in [0.25, 0.3) is 0 Å². The Bertz CT molecular complexity index is 1880. The Kier molecular flexibility index (Phi) is 12.7. The molecule has 272 valence electrons. The lowest BCUT2D eigenvalue weighted by Crippen LogP contribution is -2.38. The standard InChI is InChI=1S/C39H35F5NO5PS/c1-38(2,26-48-39(28-17-9-4-10-18-28,29-19-11-5-12-20-29)30-21-13-6-14-22-30)37(46)52-24-23-49-51(47,45-25-27-15-7-3-8-16-27)50-36-34(43)32(41)31(40)33(42)35(36)44/h3-22H,23-26H2,1-2H3,(H,45,47). The summed E-state index contributed by atoms with van der Waals surface area (Å²) >= 11 is 0.830. The molecule has 0 radical (unpaired) electrons. The van der Waals surface area contributed by atoms with Crippen LogP contribution in [-0.2, 0) is 30.8 Å². The Labute approximate surface area is 302 Å². The molecule has 0 saturated heterocycles. The minimum Gasteiger partial charge on any atom is -0.407 e. The number of ether oxygens (including phenoxy) is 1. The maximum Gasteiger partial charge on any atom is 0.459 e. The predicted molar refractivity (Wildman–Crippen MR) is 190 cm³/mol. The largest absolute Gasteiger partial charge is 0.459 e. The molecule has 1 atom stereocenters. The summed E-state index contributed by atoms with van der Waals surface area (Å²) in [5.74, 6) is -13.4. The summed E-state index contributed by atoms with van der Waals surface area (Å²) in [4.78, 5) is 13.6. The first kappa shape index (κ1) is 38.9. The number of thioether (sulfide) groups is 1. The van der Waals surface area contributed by atoms with E-state index < -0.39 is 60.2 Å². The Balaban J connectivity index is 1.31. The van der Waals surface area contributed by atoms with Crippen LogP contribution in [-0.4, -0.2) is 24.1 Å². The van der Waals surface area contributed by atoms with E-state index in [1.54, 1.807) is 44.2 Å². The summed E-state index contributed by atoms with van der Waals surface area (Å²) in [6.07, 6.45) is 0. The summed E-state index contributed by atoms with van der Waals surface area (Å²) in [6, 6.07) is 37.3. The number of rotatable bonds is 16. The van der Waals surface area contributed by atoms with Crippen molar-refractivity contribution in [2.75, 3.05) is 19.0 Å². The van der Waals surface area contributed by atoms with Gasteiger partial charge in [0.1, 0.15) is 5.60 Å². The molecule has 6 nitrogen and oxygen atoms in total. The summed E-state index contributed by atoms with van der Waals surface area (Å²) < 4.78 is 101. The molecule has 1 unspecified atom stereocenters. The van der Waals surface area contributed by atoms with Crippen LogP contribution >= 0.6 is 19.5 Å². The van der Waals surface area contributed by atoms with Gasteiger partial charge in [0.2, 0.25) is 34.8 Å². The molecular formula is C39H35F5NO5PS. The Morgan fingerprint density at radius 3 is 1.56 bits per heavy atom. The molecular weight excluding hydrogens is 720 g/mol. The highest BCUT2D eigenvalue weighted by Crippen LogP contribution is 2.47. The van der Waals surface area contributed by atoms with E-state index in [0.29, 0.717) is 5.56 Å². The van der Waals surface area contributed by atoms with Gasteiger partial charge in [-0.2, -0.15) is 8.78 Å². The number of nitrogens with one attached hydrogen (secondary N) is 1. The maximum absolute atomic E-state index is 14.5. The number of carbonyl (C=O) groups is 1. The fraction of sp³-hybridized carbons (Fsp3) is 0.205. The van der Waals surface area contributed by atoms with E-state index in [9.17, 15) is 31.3 Å². The third-order valence-electron chi connectivity index (χ3n) is 8.02. The molecule has 5 aromatic rings. The van der Waals surface area contributed by atoms with E-state index in [4.69, 9.17) is 13.8 Å². The summed E-state index contributed by atoms with van der Waals surface area (Å²) in [6.45, 7) is 2.72. The zero-order valence-corrected chi connectivity index (χ0v) is 29.9. The van der Waals surface area contributed by atoms with Gasteiger partial charge in [0.05, 0.1) is 18.6 Å². The van der Waals surface area contributed by atoms with Crippen LogP contribution in [0.1, 0.15) is 36.1 Å². The number of benzene rings is 5. The molecule has 5 aromatic carbocycles. The van der Waals surface area contributed by atoms with Crippen LogP contribution in [0.3, 0.4) is 0 Å². The van der Waals surface area contributed by atoms with Crippen LogP contribution < -0.4 is 9.61 Å². The van der Waals surface area contributed by atoms with Gasteiger partial charge in [0, 0.05) is 12.3 Å². The van der Waals surface area contributed by atoms with Gasteiger partial charge in [-0.3, -0.25) is 9.32 Å². The highest BCUT2D eigenvalue weighted by molar-refractivity contribution is 8.13. The molecule has 13 heteroatoms. The maximum atomic E-state index is 14.5. The van der Waals surface area contributed by atoms with Gasteiger partial charge >= 0.3 is 7.75 Å². The highest BCUT2D eigenvalue weighted by atomic mass is 32.2. The molecule has 5 rings (SSSR count). The predicted octanol–water partition coefficient (Wildman–Crippen LogP) is 9.97. The van der Waals surface area contributed by atoms with Crippen molar-refractivity contribution in [3.63, 3.8) is 0 Å². The Hall–Kier alpha value is -4.32. The summed E-state index contributed by atoms with van der Waals surface area (Å²) in [5.41, 5.74) is 0.956. The quantitative estimate of drug-likeness (QED) is 0.0269. The third-order valence-corrected chi connectivity index (χ3v) is 10.7. The highest BCUT2D eigenvalue weighted by Gasteiger charge is 2.41. The van der Waals surface area contributed by atoms with Crippen molar-refractivity contribution in [1.29, 1.82) is 0 Å². The molecule has 0 aliphatic rings. The molecule has 0 bridgehead atoms. The van der Waals surface area contributed by atoms with Crippen LogP contribution in [0.2, 0.25) is 0 Å². The topological polar surface area (TPSA) is 73.9 Å². The molecule has 1 N–H and O–H groups in total. The van der Waals surface area contributed by atoms with Crippen molar-refractivity contribution >= 4 is 24.6 Å². The number of hydrogen-bond donors (Lipinski definition) is 1. The van der Waals surface area contributed by atoms with Gasteiger partial charge in [-0.25, -0.2) is 22.8 Å². The number of carbonyl (C=O) groups excluding carboxylic acids is 1. The van der Waals surface area contributed by atoms with Crippen molar-refractivity contribution in [3.05, 3.63) is 173 Å². The lowest BCUT2D eigenvalue weighted by Gasteiger charge is -2.38. The van der Waals surface area contributed by atoms with Crippen molar-refractivity contribution in [3.8, 4) is 5.75 Å². The summed E-state index contributed by atoms with van der Waals surface area (Å²) in [5, 5.41) is 2.08. The molecule has 0 fully saturated rings. The third kappa shape index (κ3) is 8.82. The van der Waals surface area contributed by atoms with Gasteiger partial charge in [0.15, 0.2) is 5.12 Å². The lowest BCUT2D eigenvalue weighted by molar-refractivity contribution is -0.124. The molecule has 0 heterocycles. The second-order valence-electron chi connectivity index (χ2n) is 12.2. The zero-order valence-electron chi connectivity index (χ0n) is 28.2. The average Bonchev–Trinajstić information content (AvgIpc) is 3.18. The Morgan fingerprint density at radius 2 is 1.10 bits per heavy atom. The normalized spacial score (nSPS) is 13.1. The van der Waals surface area contributed by atoms with Crippen molar-refractivity contribution < 1.29 is 45.1 Å². The molecule has 0 saturated carbocycles. The minimum absolute atomic E-state index is 0.0289. The van der Waals surface area contributed by atoms with Crippen LogP contribution in [0.5, 0.6) is 5.75 Å². The average molecular weight is 756 g/mol.